The van der Waals surface area contributed by atoms with Crippen molar-refractivity contribution in [1.29, 1.82) is 0 Å². The van der Waals surface area contributed by atoms with Crippen molar-refractivity contribution in [3.63, 3.8) is 0 Å². The molecule has 0 unspecified atom stereocenters. The molecule has 0 saturated heterocycles. The quantitative estimate of drug-likeness (QED) is 0.850. The van der Waals surface area contributed by atoms with Gasteiger partial charge in [-0.2, -0.15) is 0 Å². The second-order valence-corrected chi connectivity index (χ2v) is 5.23. The number of unbranched alkanes of at least 4 members (excludes halogenated alkanes) is 1. The van der Waals surface area contributed by atoms with Crippen molar-refractivity contribution in [2.45, 2.75) is 19.8 Å². The van der Waals surface area contributed by atoms with Crippen LogP contribution in [0.2, 0.25) is 0 Å². The third-order valence-electron chi connectivity index (χ3n) is 3.42. The van der Waals surface area contributed by atoms with Crippen molar-refractivity contribution < 1.29 is 9.53 Å². The van der Waals surface area contributed by atoms with Gasteiger partial charge in [-0.05, 0) is 18.6 Å². The molecule has 1 N–H and O–H groups in total. The number of nitrogens with zero attached hydrogens (tertiary/aromatic N) is 3. The normalized spacial score (nSPS) is 10.2. The van der Waals surface area contributed by atoms with Gasteiger partial charge in [-0.1, -0.05) is 19.4 Å². The average Bonchev–Trinajstić information content (AvgIpc) is 2.59. The van der Waals surface area contributed by atoms with Crippen LogP contribution >= 0.6 is 0 Å². The lowest BCUT2D eigenvalue weighted by atomic mass is 10.2. The number of amides is 1. The maximum absolute atomic E-state index is 12.3. The van der Waals surface area contributed by atoms with Gasteiger partial charge in [0.2, 0.25) is 0 Å². The molecule has 6 heteroatoms. The number of hydrogen-bond acceptors (Lipinski definition) is 5. The highest BCUT2D eigenvalue weighted by Crippen LogP contribution is 2.20. The summed E-state index contributed by atoms with van der Waals surface area (Å²) >= 11 is 0. The van der Waals surface area contributed by atoms with Gasteiger partial charge in [-0.15, -0.1) is 0 Å². The van der Waals surface area contributed by atoms with E-state index in [0.29, 0.717) is 11.5 Å². The molecule has 1 heterocycles. The number of methoxy groups -OCH3 is 1. The molecule has 0 aliphatic heterocycles. The van der Waals surface area contributed by atoms with Crippen molar-refractivity contribution in [3.8, 4) is 5.75 Å². The molecule has 122 valence electrons. The third-order valence-corrected chi connectivity index (χ3v) is 3.42. The zero-order valence-corrected chi connectivity index (χ0v) is 13.7. The highest BCUT2D eigenvalue weighted by molar-refractivity contribution is 5.92. The smallest absolute Gasteiger partial charge is 0.272 e. The Morgan fingerprint density at radius 2 is 2.13 bits per heavy atom. The molecule has 2 aromatic rings. The summed E-state index contributed by atoms with van der Waals surface area (Å²) in [6.45, 7) is 2.82. The van der Waals surface area contributed by atoms with Crippen LogP contribution in [-0.2, 0) is 0 Å². The Morgan fingerprint density at radius 1 is 1.30 bits per heavy atom. The second-order valence-electron chi connectivity index (χ2n) is 5.23. The van der Waals surface area contributed by atoms with E-state index in [9.17, 15) is 4.79 Å². The lowest BCUT2D eigenvalue weighted by molar-refractivity contribution is 0.0787. The Hall–Kier alpha value is -2.63. The van der Waals surface area contributed by atoms with Crippen LogP contribution in [0.5, 0.6) is 5.75 Å². The standard InChI is InChI=1S/C17H22N4O2/c1-4-5-9-21(2)17(22)15-11-16(19-12-18-15)20-13-7-6-8-14(10-13)23-3/h6-8,10-12H,4-5,9H2,1-3H3,(H,18,19,20). The molecular formula is C17H22N4O2. The van der Waals surface area contributed by atoms with Gasteiger partial charge in [0.25, 0.3) is 5.91 Å². The monoisotopic (exact) mass is 314 g/mol. The summed E-state index contributed by atoms with van der Waals surface area (Å²) in [7, 11) is 3.40. The van der Waals surface area contributed by atoms with Crippen molar-refractivity contribution in [1.82, 2.24) is 14.9 Å². The summed E-state index contributed by atoms with van der Waals surface area (Å²) in [5.41, 5.74) is 1.21. The molecule has 0 spiro atoms. The molecule has 0 saturated carbocycles. The third kappa shape index (κ3) is 4.67. The van der Waals surface area contributed by atoms with Gasteiger partial charge in [-0.25, -0.2) is 9.97 Å². The van der Waals surface area contributed by atoms with Crippen LogP contribution in [0.15, 0.2) is 36.7 Å². The van der Waals surface area contributed by atoms with Gasteiger partial charge >= 0.3 is 0 Å². The van der Waals surface area contributed by atoms with Gasteiger partial charge in [0, 0.05) is 31.4 Å². The maximum Gasteiger partial charge on any atom is 0.272 e. The molecule has 1 aromatic carbocycles. The molecule has 0 radical (unpaired) electrons. The summed E-state index contributed by atoms with van der Waals surface area (Å²) in [5, 5.41) is 3.15. The lowest BCUT2D eigenvalue weighted by Crippen LogP contribution is -2.28. The number of rotatable bonds is 7. The molecule has 0 aliphatic carbocycles. The zero-order chi connectivity index (χ0) is 16.7. The topological polar surface area (TPSA) is 67.4 Å². The largest absolute Gasteiger partial charge is 0.497 e. The van der Waals surface area contributed by atoms with Crippen molar-refractivity contribution in [3.05, 3.63) is 42.4 Å². The minimum absolute atomic E-state index is 0.102. The molecule has 2 rings (SSSR count). The Balaban J connectivity index is 2.11. The van der Waals surface area contributed by atoms with Crippen molar-refractivity contribution in [2.24, 2.45) is 0 Å². The van der Waals surface area contributed by atoms with E-state index in [1.165, 1.54) is 6.33 Å². The minimum Gasteiger partial charge on any atom is -0.497 e. The predicted molar refractivity (Wildman–Crippen MR) is 90.2 cm³/mol. The lowest BCUT2D eigenvalue weighted by Gasteiger charge is -2.16. The fourth-order valence-corrected chi connectivity index (χ4v) is 2.08. The molecule has 6 nitrogen and oxygen atoms in total. The Morgan fingerprint density at radius 3 is 2.87 bits per heavy atom. The van der Waals surface area contributed by atoms with Gasteiger partial charge in [0.1, 0.15) is 23.6 Å². The summed E-state index contributed by atoms with van der Waals surface area (Å²) in [4.78, 5) is 22.3. The van der Waals surface area contributed by atoms with E-state index in [4.69, 9.17) is 4.74 Å². The van der Waals surface area contributed by atoms with Crippen LogP contribution in [0.25, 0.3) is 0 Å². The Labute approximate surface area is 136 Å². The molecule has 1 aromatic heterocycles. The first-order chi connectivity index (χ1) is 11.1. The molecule has 0 atom stereocenters. The molecule has 23 heavy (non-hydrogen) atoms. The fourth-order valence-electron chi connectivity index (χ4n) is 2.08. The number of carbonyl (C=O) groups is 1. The van der Waals surface area contributed by atoms with Gasteiger partial charge in [-0.3, -0.25) is 4.79 Å². The van der Waals surface area contributed by atoms with Gasteiger partial charge in [0.15, 0.2) is 0 Å². The highest BCUT2D eigenvalue weighted by Gasteiger charge is 2.13. The van der Waals surface area contributed by atoms with Crippen LogP contribution in [0.3, 0.4) is 0 Å². The van der Waals surface area contributed by atoms with E-state index < -0.39 is 0 Å². The van der Waals surface area contributed by atoms with Crippen LogP contribution in [0.1, 0.15) is 30.3 Å². The van der Waals surface area contributed by atoms with E-state index in [-0.39, 0.29) is 5.91 Å². The van der Waals surface area contributed by atoms with E-state index in [1.54, 1.807) is 25.1 Å². The second kappa shape index (κ2) is 8.12. The first-order valence-corrected chi connectivity index (χ1v) is 7.62. The maximum atomic E-state index is 12.3. The number of nitrogens with one attached hydrogen (secondary N) is 1. The highest BCUT2D eigenvalue weighted by atomic mass is 16.5. The number of benzene rings is 1. The molecule has 0 bridgehead atoms. The first kappa shape index (κ1) is 16.7. The number of carbonyl (C=O) groups excluding carboxylic acids is 1. The van der Waals surface area contributed by atoms with Gasteiger partial charge < -0.3 is 15.0 Å². The Bertz CT molecular complexity index is 661. The summed E-state index contributed by atoms with van der Waals surface area (Å²) < 4.78 is 5.19. The number of anilines is 2. The first-order valence-electron chi connectivity index (χ1n) is 7.62. The molecule has 0 aliphatic rings. The zero-order valence-electron chi connectivity index (χ0n) is 13.7. The summed E-state index contributed by atoms with van der Waals surface area (Å²) in [6.07, 6.45) is 3.41. The number of ether oxygens (including phenoxy) is 1. The van der Waals surface area contributed by atoms with Crippen LogP contribution in [-0.4, -0.2) is 41.5 Å². The number of aromatic nitrogens is 2. The van der Waals surface area contributed by atoms with Crippen LogP contribution < -0.4 is 10.1 Å². The molecular weight excluding hydrogens is 292 g/mol. The number of hydrogen-bond donors (Lipinski definition) is 1. The predicted octanol–water partition coefficient (Wildman–Crippen LogP) is 3.10. The van der Waals surface area contributed by atoms with Crippen LogP contribution in [0.4, 0.5) is 11.5 Å². The van der Waals surface area contributed by atoms with E-state index in [0.717, 1.165) is 30.8 Å². The minimum atomic E-state index is -0.102. The SMILES string of the molecule is CCCCN(C)C(=O)c1cc(Nc2cccc(OC)c2)ncn1. The average molecular weight is 314 g/mol. The van der Waals surface area contributed by atoms with Gasteiger partial charge in [0.05, 0.1) is 7.11 Å². The van der Waals surface area contributed by atoms with E-state index >= 15 is 0 Å². The van der Waals surface area contributed by atoms with E-state index in [1.807, 2.05) is 24.3 Å². The fraction of sp³-hybridized carbons (Fsp3) is 0.353. The van der Waals surface area contributed by atoms with Crippen molar-refractivity contribution in [2.75, 3.05) is 26.0 Å². The Kier molecular flexibility index (Phi) is 5.91. The summed E-state index contributed by atoms with van der Waals surface area (Å²) in [5.74, 6) is 1.22. The van der Waals surface area contributed by atoms with E-state index in [2.05, 4.69) is 22.2 Å². The molecule has 1 amide bonds. The van der Waals surface area contributed by atoms with Crippen LogP contribution in [0, 0.1) is 0 Å². The molecule has 0 fully saturated rings. The summed E-state index contributed by atoms with van der Waals surface area (Å²) in [6, 6.07) is 9.16. The van der Waals surface area contributed by atoms with Crippen molar-refractivity contribution >= 4 is 17.4 Å².